The molecule has 0 aliphatic carbocycles. The smallest absolute Gasteiger partial charge is 2.00 e. The molecule has 8 heteroatoms. The van der Waals surface area contributed by atoms with Crippen molar-refractivity contribution in [3.63, 3.8) is 0 Å². The molecule has 0 saturated carbocycles. The van der Waals surface area contributed by atoms with Gasteiger partial charge in [0, 0.05) is 0 Å². The van der Waals surface area contributed by atoms with E-state index in [0.29, 0.717) is 0 Å². The van der Waals surface area contributed by atoms with Crippen LogP contribution in [0.4, 0.5) is 0 Å². The maximum Gasteiger partial charge on any atom is 2.00 e. The van der Waals surface area contributed by atoms with Crippen molar-refractivity contribution >= 4 is 94.0 Å². The van der Waals surface area contributed by atoms with E-state index in [-0.39, 0.29) is 110 Å². The molecule has 0 aliphatic heterocycles. The van der Waals surface area contributed by atoms with E-state index in [1.165, 1.54) is 0 Å². The maximum atomic E-state index is 0. The molecule has 0 heterocycles. The molecule has 0 aromatic heterocycles. The van der Waals surface area contributed by atoms with Gasteiger partial charge in [-0.1, -0.05) is 0 Å². The van der Waals surface area contributed by atoms with Gasteiger partial charge in [0.1, 0.15) is 0 Å². The van der Waals surface area contributed by atoms with Gasteiger partial charge in [0.15, 0.2) is 0 Å². The van der Waals surface area contributed by atoms with Crippen LogP contribution >= 0.6 is 24.8 Å². The van der Waals surface area contributed by atoms with Crippen LogP contribution in [0.5, 0.6) is 0 Å². The van der Waals surface area contributed by atoms with Crippen molar-refractivity contribution in [2.45, 2.75) is 0 Å². The van der Waals surface area contributed by atoms with Crippen LogP contribution < -0.4 is 0 Å². The van der Waals surface area contributed by atoms with E-state index >= 15 is 0 Å². The number of halogens is 2. The van der Waals surface area contributed by atoms with Crippen molar-refractivity contribution in [1.29, 1.82) is 0 Å². The van der Waals surface area contributed by atoms with Crippen LogP contribution in [0.15, 0.2) is 0 Å². The molecule has 40 valence electrons. The van der Waals surface area contributed by atoms with Crippen LogP contribution in [-0.4, -0.2) is 74.6 Å². The minimum absolute atomic E-state index is 0. The molecule has 8 heavy (non-hydrogen) atoms. The Bertz CT molecular complexity index is 12.5. The standard InChI is InChI=1S/2ClH.3Mg.H2O.2O/h2*1H;;;;1H2;;/q;;3*+2;;2*-2. The molecule has 0 spiro atoms. The van der Waals surface area contributed by atoms with Gasteiger partial charge >= 0.3 is 69.2 Å². The Hall–Kier alpha value is 2.76. The predicted octanol–water partition coefficient (Wildman–Crippen LogP) is -1.36. The summed E-state index contributed by atoms with van der Waals surface area (Å²) in [6.45, 7) is 0. The summed E-state index contributed by atoms with van der Waals surface area (Å²) in [5, 5.41) is 0. The summed E-state index contributed by atoms with van der Waals surface area (Å²) < 4.78 is 0. The molecule has 3 nitrogen and oxygen atoms in total. The van der Waals surface area contributed by atoms with E-state index in [1.54, 1.807) is 0 Å². The maximum absolute atomic E-state index is 0. The Morgan fingerprint density at radius 1 is 0.500 bits per heavy atom. The Morgan fingerprint density at radius 2 is 0.500 bits per heavy atom. The second-order valence-corrected chi connectivity index (χ2v) is 0. The van der Waals surface area contributed by atoms with Crippen molar-refractivity contribution in [3.05, 3.63) is 0 Å². The van der Waals surface area contributed by atoms with Gasteiger partial charge in [-0.3, -0.25) is 0 Å². The third-order valence-electron chi connectivity index (χ3n) is 0. The molecular weight excluding hydrogens is 192 g/mol. The summed E-state index contributed by atoms with van der Waals surface area (Å²) in [6.07, 6.45) is 0. The van der Waals surface area contributed by atoms with Crippen LogP contribution in [0.2, 0.25) is 0 Å². The fraction of sp³-hybridized carbons (Fsp3) is 0. The van der Waals surface area contributed by atoms with Crippen molar-refractivity contribution < 1.29 is 16.4 Å². The first-order valence-corrected chi connectivity index (χ1v) is 0. The normalized spacial score (nSPS) is 0. The van der Waals surface area contributed by atoms with E-state index < -0.39 is 0 Å². The zero-order chi connectivity index (χ0) is 0. The Balaban J connectivity index is 0. The van der Waals surface area contributed by atoms with E-state index in [4.69, 9.17) is 0 Å². The van der Waals surface area contributed by atoms with Crippen LogP contribution in [0.1, 0.15) is 0 Å². The molecule has 0 aliphatic rings. The average Bonchev–Trinajstić information content (AvgIpc) is 0. The van der Waals surface area contributed by atoms with Crippen LogP contribution in [0, 0.1) is 0 Å². The fourth-order valence-electron chi connectivity index (χ4n) is 0. The SMILES string of the molecule is Cl.Cl.O.[Mg+2].[Mg+2].[Mg+2].[O-2].[O-2]. The zero-order valence-corrected chi connectivity index (χ0v) is 10.1. The summed E-state index contributed by atoms with van der Waals surface area (Å²) in [5.41, 5.74) is 0. The molecule has 0 aromatic rings. The number of hydrogen-bond donors (Lipinski definition) is 0. The summed E-state index contributed by atoms with van der Waals surface area (Å²) in [5.74, 6) is 0. The van der Waals surface area contributed by atoms with Gasteiger partial charge < -0.3 is 16.4 Å². The number of hydrogen-bond acceptors (Lipinski definition) is 0. The molecule has 0 aromatic carbocycles. The second-order valence-electron chi connectivity index (χ2n) is 0. The minimum atomic E-state index is 0. The Labute approximate surface area is 109 Å². The van der Waals surface area contributed by atoms with E-state index in [0.717, 1.165) is 0 Å². The molecule has 0 bridgehead atoms. The summed E-state index contributed by atoms with van der Waals surface area (Å²) in [4.78, 5) is 0. The second kappa shape index (κ2) is 98.4. The Kier molecular flexibility index (Phi) is 1660. The first kappa shape index (κ1) is 135. The third-order valence-corrected chi connectivity index (χ3v) is 0. The first-order chi connectivity index (χ1) is 0. The van der Waals surface area contributed by atoms with Crippen LogP contribution in [0.25, 0.3) is 0 Å². The van der Waals surface area contributed by atoms with Gasteiger partial charge in [0.05, 0.1) is 0 Å². The van der Waals surface area contributed by atoms with Crippen LogP contribution in [0.3, 0.4) is 0 Å². The largest absolute Gasteiger partial charge is 2.00 e. The average molecular weight is 196 g/mol. The topological polar surface area (TPSA) is 88.5 Å². The molecule has 0 rings (SSSR count). The fourth-order valence-corrected chi connectivity index (χ4v) is 0. The van der Waals surface area contributed by atoms with E-state index in [2.05, 4.69) is 0 Å². The molecule has 0 saturated heterocycles. The molecule has 0 amide bonds. The van der Waals surface area contributed by atoms with Gasteiger partial charge in [-0.15, -0.1) is 24.8 Å². The summed E-state index contributed by atoms with van der Waals surface area (Å²) in [7, 11) is 0. The van der Waals surface area contributed by atoms with Crippen molar-refractivity contribution in [3.8, 4) is 0 Å². The van der Waals surface area contributed by atoms with E-state index in [1.807, 2.05) is 0 Å². The molecule has 0 radical (unpaired) electrons. The van der Waals surface area contributed by atoms with Gasteiger partial charge in [-0.05, 0) is 0 Å². The van der Waals surface area contributed by atoms with Crippen molar-refractivity contribution in [1.82, 2.24) is 0 Å². The molecular formula is H4Cl2Mg3O3+2. The quantitative estimate of drug-likeness (QED) is 0.428. The first-order valence-electron chi connectivity index (χ1n) is 0. The van der Waals surface area contributed by atoms with E-state index in [9.17, 15) is 0 Å². The van der Waals surface area contributed by atoms with Gasteiger partial charge in [-0.2, -0.15) is 0 Å². The van der Waals surface area contributed by atoms with Gasteiger partial charge in [-0.25, -0.2) is 0 Å². The van der Waals surface area contributed by atoms with Gasteiger partial charge in [0.25, 0.3) is 0 Å². The third kappa shape index (κ3) is 69.3. The van der Waals surface area contributed by atoms with Crippen molar-refractivity contribution in [2.24, 2.45) is 0 Å². The monoisotopic (exact) mass is 194 g/mol. The molecule has 0 atom stereocenters. The predicted molar refractivity (Wildman–Crippen MR) is 36.7 cm³/mol. The summed E-state index contributed by atoms with van der Waals surface area (Å²) >= 11 is 0. The Morgan fingerprint density at radius 3 is 0.500 bits per heavy atom. The summed E-state index contributed by atoms with van der Waals surface area (Å²) in [6, 6.07) is 0. The molecule has 2 N–H and O–H groups in total. The molecule has 0 fully saturated rings. The van der Waals surface area contributed by atoms with Crippen LogP contribution in [-0.2, 0) is 11.0 Å². The van der Waals surface area contributed by atoms with Gasteiger partial charge in [0.2, 0.25) is 0 Å². The molecule has 0 unspecified atom stereocenters. The minimum Gasteiger partial charge on any atom is -2.00 e. The zero-order valence-electron chi connectivity index (χ0n) is 4.25. The number of rotatable bonds is 0. The van der Waals surface area contributed by atoms with Crippen molar-refractivity contribution in [2.75, 3.05) is 0 Å².